The molecule has 0 aromatic heterocycles. The average molecular weight is 233 g/mol. The van der Waals surface area contributed by atoms with Gasteiger partial charge in [-0.1, -0.05) is 29.8 Å². The van der Waals surface area contributed by atoms with E-state index >= 15 is 0 Å². The molecule has 17 heavy (non-hydrogen) atoms. The van der Waals surface area contributed by atoms with Crippen molar-refractivity contribution in [1.82, 2.24) is 5.32 Å². The molecule has 94 valence electrons. The molecule has 1 saturated heterocycles. The summed E-state index contributed by atoms with van der Waals surface area (Å²) in [7, 11) is 1.83. The molecule has 2 rings (SSSR count). The summed E-state index contributed by atoms with van der Waals surface area (Å²) >= 11 is 0. The van der Waals surface area contributed by atoms with Crippen molar-refractivity contribution in [2.24, 2.45) is 5.92 Å². The van der Waals surface area contributed by atoms with Crippen LogP contribution in [0.2, 0.25) is 0 Å². The lowest BCUT2D eigenvalue weighted by Crippen LogP contribution is -2.28. The molecule has 0 spiro atoms. The van der Waals surface area contributed by atoms with E-state index in [2.05, 4.69) is 36.5 Å². The second-order valence-electron chi connectivity index (χ2n) is 5.06. The summed E-state index contributed by atoms with van der Waals surface area (Å²) in [4.78, 5) is 0. The van der Waals surface area contributed by atoms with Gasteiger partial charge in [0.2, 0.25) is 0 Å². The van der Waals surface area contributed by atoms with Gasteiger partial charge in [0.1, 0.15) is 0 Å². The molecule has 1 unspecified atom stereocenters. The van der Waals surface area contributed by atoms with Gasteiger partial charge in [-0.25, -0.2) is 0 Å². The van der Waals surface area contributed by atoms with Gasteiger partial charge in [0.25, 0.3) is 0 Å². The molecule has 1 aliphatic heterocycles. The number of hydrogen-bond donors (Lipinski definition) is 1. The summed E-state index contributed by atoms with van der Waals surface area (Å²) in [5.41, 5.74) is 2.63. The van der Waals surface area contributed by atoms with Crippen molar-refractivity contribution < 1.29 is 4.74 Å². The molecule has 0 aliphatic carbocycles. The van der Waals surface area contributed by atoms with Crippen molar-refractivity contribution in [3.8, 4) is 0 Å². The van der Waals surface area contributed by atoms with E-state index in [1.54, 1.807) is 0 Å². The highest BCUT2D eigenvalue weighted by Crippen LogP contribution is 2.28. The van der Waals surface area contributed by atoms with Crippen LogP contribution in [0, 0.1) is 12.8 Å². The Morgan fingerprint density at radius 3 is 2.47 bits per heavy atom. The van der Waals surface area contributed by atoms with Crippen LogP contribution in [0.15, 0.2) is 24.3 Å². The van der Waals surface area contributed by atoms with Crippen LogP contribution < -0.4 is 5.32 Å². The number of ether oxygens (including phenoxy) is 1. The van der Waals surface area contributed by atoms with Gasteiger partial charge >= 0.3 is 0 Å². The Morgan fingerprint density at radius 2 is 1.88 bits per heavy atom. The molecular weight excluding hydrogens is 210 g/mol. The smallest absolute Gasteiger partial charge is 0.0823 e. The van der Waals surface area contributed by atoms with Crippen molar-refractivity contribution in [2.45, 2.75) is 32.3 Å². The van der Waals surface area contributed by atoms with Gasteiger partial charge in [-0.15, -0.1) is 0 Å². The average Bonchev–Trinajstić information content (AvgIpc) is 2.38. The third-order valence-electron chi connectivity index (χ3n) is 3.74. The largest absolute Gasteiger partial charge is 0.377 e. The SMILES string of the molecule is COC(CC1CCNCC1)c1ccc(C)cc1. The first-order valence-corrected chi connectivity index (χ1v) is 6.59. The minimum Gasteiger partial charge on any atom is -0.377 e. The number of rotatable bonds is 4. The van der Waals surface area contributed by atoms with Crippen LogP contribution in [0.5, 0.6) is 0 Å². The summed E-state index contributed by atoms with van der Waals surface area (Å²) < 4.78 is 5.66. The Bertz CT molecular complexity index is 327. The van der Waals surface area contributed by atoms with Crippen molar-refractivity contribution in [1.29, 1.82) is 0 Å². The van der Waals surface area contributed by atoms with Crippen LogP contribution in [0.4, 0.5) is 0 Å². The van der Waals surface area contributed by atoms with Gasteiger partial charge < -0.3 is 10.1 Å². The zero-order valence-corrected chi connectivity index (χ0v) is 10.9. The van der Waals surface area contributed by atoms with E-state index < -0.39 is 0 Å². The summed E-state index contributed by atoms with van der Waals surface area (Å²) in [5, 5.41) is 3.41. The third-order valence-corrected chi connectivity index (χ3v) is 3.74. The van der Waals surface area contributed by atoms with Gasteiger partial charge in [-0.3, -0.25) is 0 Å². The molecule has 0 bridgehead atoms. The Labute approximate surface area is 104 Å². The van der Waals surface area contributed by atoms with E-state index in [-0.39, 0.29) is 6.10 Å². The predicted octanol–water partition coefficient (Wildman–Crippen LogP) is 3.07. The molecule has 1 heterocycles. The quantitative estimate of drug-likeness (QED) is 0.863. The van der Waals surface area contributed by atoms with Gasteiger partial charge in [-0.05, 0) is 50.8 Å². The maximum Gasteiger partial charge on any atom is 0.0823 e. The fourth-order valence-corrected chi connectivity index (χ4v) is 2.57. The number of benzene rings is 1. The van der Waals surface area contributed by atoms with E-state index in [0.717, 1.165) is 25.4 Å². The Hall–Kier alpha value is -0.860. The zero-order valence-electron chi connectivity index (χ0n) is 10.9. The van der Waals surface area contributed by atoms with E-state index in [4.69, 9.17) is 4.74 Å². The van der Waals surface area contributed by atoms with Crippen molar-refractivity contribution in [3.63, 3.8) is 0 Å². The molecule has 0 saturated carbocycles. The van der Waals surface area contributed by atoms with E-state index in [0.29, 0.717) is 0 Å². The normalized spacial score (nSPS) is 19.2. The minimum atomic E-state index is 0.263. The molecule has 1 fully saturated rings. The Morgan fingerprint density at radius 1 is 1.24 bits per heavy atom. The van der Waals surface area contributed by atoms with E-state index in [1.165, 1.54) is 24.0 Å². The van der Waals surface area contributed by atoms with Gasteiger partial charge in [0.05, 0.1) is 6.10 Å². The highest BCUT2D eigenvalue weighted by Gasteiger charge is 2.19. The van der Waals surface area contributed by atoms with Crippen molar-refractivity contribution in [3.05, 3.63) is 35.4 Å². The number of piperidine rings is 1. The molecule has 0 amide bonds. The van der Waals surface area contributed by atoms with E-state index in [1.807, 2.05) is 7.11 Å². The molecule has 1 aliphatic rings. The van der Waals surface area contributed by atoms with Crippen molar-refractivity contribution >= 4 is 0 Å². The summed E-state index contributed by atoms with van der Waals surface area (Å²) in [6.45, 7) is 4.45. The molecule has 1 aromatic rings. The standard InChI is InChI=1S/C15H23NO/c1-12-3-5-14(6-4-12)15(17-2)11-13-7-9-16-10-8-13/h3-6,13,15-16H,7-11H2,1-2H3. The molecule has 1 aromatic carbocycles. The number of nitrogens with one attached hydrogen (secondary N) is 1. The van der Waals surface area contributed by atoms with Crippen LogP contribution in [0.3, 0.4) is 0 Å². The molecule has 2 nitrogen and oxygen atoms in total. The lowest BCUT2D eigenvalue weighted by Gasteiger charge is -2.26. The van der Waals surface area contributed by atoms with Crippen LogP contribution in [-0.4, -0.2) is 20.2 Å². The van der Waals surface area contributed by atoms with Gasteiger partial charge in [0.15, 0.2) is 0 Å². The second-order valence-corrected chi connectivity index (χ2v) is 5.06. The van der Waals surface area contributed by atoms with Crippen LogP contribution in [-0.2, 0) is 4.74 Å². The first-order valence-electron chi connectivity index (χ1n) is 6.59. The lowest BCUT2D eigenvalue weighted by atomic mass is 9.89. The Balaban J connectivity index is 1.97. The lowest BCUT2D eigenvalue weighted by molar-refractivity contribution is 0.0746. The predicted molar refractivity (Wildman–Crippen MR) is 71.1 cm³/mol. The number of hydrogen-bond acceptors (Lipinski definition) is 2. The first-order chi connectivity index (χ1) is 8.29. The minimum absolute atomic E-state index is 0.263. The zero-order chi connectivity index (χ0) is 12.1. The van der Waals surface area contributed by atoms with Crippen LogP contribution in [0.1, 0.15) is 36.5 Å². The molecule has 1 N–H and O–H groups in total. The van der Waals surface area contributed by atoms with E-state index in [9.17, 15) is 0 Å². The summed E-state index contributed by atoms with van der Waals surface area (Å²) in [6, 6.07) is 8.74. The highest BCUT2D eigenvalue weighted by atomic mass is 16.5. The fourth-order valence-electron chi connectivity index (χ4n) is 2.57. The fraction of sp³-hybridized carbons (Fsp3) is 0.600. The topological polar surface area (TPSA) is 21.3 Å². The maximum absolute atomic E-state index is 5.66. The summed E-state index contributed by atoms with van der Waals surface area (Å²) in [6.07, 6.45) is 3.98. The molecular formula is C15H23NO. The molecule has 1 atom stereocenters. The Kier molecular flexibility index (Phi) is 4.57. The molecule has 0 radical (unpaired) electrons. The summed E-state index contributed by atoms with van der Waals surface area (Å²) in [5.74, 6) is 0.808. The number of methoxy groups -OCH3 is 1. The van der Waals surface area contributed by atoms with Gasteiger partial charge in [0, 0.05) is 7.11 Å². The van der Waals surface area contributed by atoms with Crippen molar-refractivity contribution in [2.75, 3.05) is 20.2 Å². The van der Waals surface area contributed by atoms with Gasteiger partial charge in [-0.2, -0.15) is 0 Å². The van der Waals surface area contributed by atoms with Crippen LogP contribution >= 0.6 is 0 Å². The third kappa shape index (κ3) is 3.55. The maximum atomic E-state index is 5.66. The monoisotopic (exact) mass is 233 g/mol. The molecule has 2 heteroatoms. The first kappa shape index (κ1) is 12.6. The number of aryl methyl sites for hydroxylation is 1. The van der Waals surface area contributed by atoms with Crippen LogP contribution in [0.25, 0.3) is 0 Å². The highest BCUT2D eigenvalue weighted by molar-refractivity contribution is 5.23. The second kappa shape index (κ2) is 6.18.